The fraction of sp³-hybridized carbons (Fsp3) is 0.316. The highest BCUT2D eigenvalue weighted by atomic mass is 16.1. The van der Waals surface area contributed by atoms with Gasteiger partial charge in [-0.2, -0.15) is 0 Å². The number of aryl methyl sites for hydroxylation is 1. The minimum absolute atomic E-state index is 0.121. The summed E-state index contributed by atoms with van der Waals surface area (Å²) in [4.78, 5) is 12.1. The van der Waals surface area contributed by atoms with Gasteiger partial charge in [-0.15, -0.1) is 0 Å². The maximum Gasteiger partial charge on any atom is 0.134 e. The Kier molecular flexibility index (Phi) is 3.43. The summed E-state index contributed by atoms with van der Waals surface area (Å²) in [7, 11) is 0. The molecule has 0 amide bonds. The van der Waals surface area contributed by atoms with Gasteiger partial charge in [-0.05, 0) is 30.9 Å². The molecule has 102 valence electrons. The van der Waals surface area contributed by atoms with E-state index in [4.69, 9.17) is 0 Å². The Morgan fingerprint density at radius 2 is 1.55 bits per heavy atom. The number of carbonyl (C=O) groups is 1. The van der Waals surface area contributed by atoms with Crippen LogP contribution in [0, 0.1) is 6.92 Å². The second-order valence-corrected chi connectivity index (χ2v) is 5.88. The first-order valence-corrected chi connectivity index (χ1v) is 7.35. The molecule has 0 heterocycles. The first-order chi connectivity index (χ1) is 9.71. The van der Waals surface area contributed by atoms with Gasteiger partial charge >= 0.3 is 0 Å². The summed E-state index contributed by atoms with van der Waals surface area (Å²) in [6, 6.07) is 19.2. The van der Waals surface area contributed by atoms with Gasteiger partial charge in [0.2, 0.25) is 0 Å². The van der Waals surface area contributed by atoms with Crippen LogP contribution in [0.3, 0.4) is 0 Å². The van der Waals surface area contributed by atoms with Crippen molar-refractivity contribution in [2.24, 2.45) is 0 Å². The van der Waals surface area contributed by atoms with Crippen molar-refractivity contribution in [3.8, 4) is 0 Å². The predicted molar refractivity (Wildman–Crippen MR) is 81.9 cm³/mol. The van der Waals surface area contributed by atoms with E-state index in [-0.39, 0.29) is 5.41 Å². The van der Waals surface area contributed by atoms with Crippen LogP contribution in [-0.4, -0.2) is 5.78 Å². The Balaban J connectivity index is 2.12. The fourth-order valence-electron chi connectivity index (χ4n) is 3.39. The maximum absolute atomic E-state index is 12.1. The number of carbonyl (C=O) groups excluding carboxylic acids is 1. The lowest BCUT2D eigenvalue weighted by Crippen LogP contribution is -2.34. The minimum atomic E-state index is -0.121. The molecule has 0 aromatic heterocycles. The summed E-state index contributed by atoms with van der Waals surface area (Å²) >= 11 is 0. The van der Waals surface area contributed by atoms with Gasteiger partial charge in [-0.25, -0.2) is 0 Å². The lowest BCUT2D eigenvalue weighted by Gasteiger charge is -2.38. The Morgan fingerprint density at radius 1 is 0.900 bits per heavy atom. The molecule has 2 aromatic carbocycles. The monoisotopic (exact) mass is 264 g/mol. The number of hydrogen-bond acceptors (Lipinski definition) is 1. The Hall–Kier alpha value is -1.89. The lowest BCUT2D eigenvalue weighted by atomic mass is 9.65. The summed E-state index contributed by atoms with van der Waals surface area (Å²) < 4.78 is 0. The number of ketones is 1. The molecule has 0 radical (unpaired) electrons. The predicted octanol–water partition coefficient (Wildman–Crippen LogP) is 4.42. The van der Waals surface area contributed by atoms with E-state index in [2.05, 4.69) is 55.5 Å². The zero-order chi connectivity index (χ0) is 14.0. The first kappa shape index (κ1) is 13.1. The van der Waals surface area contributed by atoms with Crippen molar-refractivity contribution >= 4 is 5.78 Å². The largest absolute Gasteiger partial charge is 0.300 e. The van der Waals surface area contributed by atoms with E-state index >= 15 is 0 Å². The van der Waals surface area contributed by atoms with Gasteiger partial charge < -0.3 is 0 Å². The Labute approximate surface area is 120 Å². The molecule has 1 saturated carbocycles. The smallest absolute Gasteiger partial charge is 0.134 e. The minimum Gasteiger partial charge on any atom is -0.300 e. The van der Waals surface area contributed by atoms with Crippen LogP contribution in [0.4, 0.5) is 0 Å². The highest BCUT2D eigenvalue weighted by Gasteiger charge is 2.38. The lowest BCUT2D eigenvalue weighted by molar-refractivity contribution is -0.121. The standard InChI is InChI=1S/C19H20O/c1-15-9-11-17(12-10-15)19(13-5-8-18(20)14-19)16-6-3-2-4-7-16/h2-4,6-7,9-12H,5,8,13-14H2,1H3/t19-/m1/s1. The zero-order valence-corrected chi connectivity index (χ0v) is 11.9. The normalized spacial score (nSPS) is 22.8. The average Bonchev–Trinajstić information content (AvgIpc) is 2.49. The Morgan fingerprint density at radius 3 is 2.20 bits per heavy atom. The van der Waals surface area contributed by atoms with Crippen molar-refractivity contribution in [3.05, 3.63) is 71.3 Å². The fourth-order valence-corrected chi connectivity index (χ4v) is 3.39. The molecular weight excluding hydrogens is 244 g/mol. The van der Waals surface area contributed by atoms with Gasteiger partial charge in [0.1, 0.15) is 5.78 Å². The van der Waals surface area contributed by atoms with Crippen molar-refractivity contribution in [2.45, 2.75) is 38.0 Å². The van der Waals surface area contributed by atoms with Crippen molar-refractivity contribution in [2.75, 3.05) is 0 Å². The van der Waals surface area contributed by atoms with Crippen LogP contribution in [0.2, 0.25) is 0 Å². The van der Waals surface area contributed by atoms with Gasteiger partial charge in [-0.1, -0.05) is 60.2 Å². The van der Waals surface area contributed by atoms with E-state index in [1.807, 2.05) is 6.07 Å². The molecule has 0 N–H and O–H groups in total. The highest BCUT2D eigenvalue weighted by molar-refractivity contribution is 5.82. The summed E-state index contributed by atoms with van der Waals surface area (Å²) in [6.45, 7) is 2.10. The molecule has 1 heteroatoms. The highest BCUT2D eigenvalue weighted by Crippen LogP contribution is 2.43. The van der Waals surface area contributed by atoms with E-state index < -0.39 is 0 Å². The SMILES string of the molecule is Cc1ccc([C@]2(c3ccccc3)CCCC(=O)C2)cc1. The topological polar surface area (TPSA) is 17.1 Å². The van der Waals surface area contributed by atoms with Gasteiger partial charge in [-0.3, -0.25) is 4.79 Å². The molecule has 20 heavy (non-hydrogen) atoms. The maximum atomic E-state index is 12.1. The average molecular weight is 264 g/mol. The number of rotatable bonds is 2. The third kappa shape index (κ3) is 2.29. The van der Waals surface area contributed by atoms with E-state index in [0.29, 0.717) is 12.2 Å². The van der Waals surface area contributed by atoms with E-state index in [1.165, 1.54) is 16.7 Å². The number of hydrogen-bond donors (Lipinski definition) is 0. The van der Waals surface area contributed by atoms with Gasteiger partial charge in [0.25, 0.3) is 0 Å². The van der Waals surface area contributed by atoms with Crippen molar-refractivity contribution in [3.63, 3.8) is 0 Å². The summed E-state index contributed by atoms with van der Waals surface area (Å²) in [6.07, 6.45) is 3.42. The molecule has 1 aliphatic rings. The molecule has 1 nitrogen and oxygen atoms in total. The third-order valence-electron chi connectivity index (χ3n) is 4.49. The molecule has 0 unspecified atom stereocenters. The second kappa shape index (κ2) is 5.24. The number of Topliss-reactive ketones (excluding diaryl/α,β-unsaturated/α-hetero) is 1. The third-order valence-corrected chi connectivity index (χ3v) is 4.49. The zero-order valence-electron chi connectivity index (χ0n) is 11.9. The quantitative estimate of drug-likeness (QED) is 0.784. The first-order valence-electron chi connectivity index (χ1n) is 7.35. The van der Waals surface area contributed by atoms with Crippen LogP contribution in [0.15, 0.2) is 54.6 Å². The molecular formula is C19H20O. The van der Waals surface area contributed by atoms with Gasteiger partial charge in [0, 0.05) is 18.3 Å². The second-order valence-electron chi connectivity index (χ2n) is 5.88. The van der Waals surface area contributed by atoms with Crippen LogP contribution in [0.1, 0.15) is 42.4 Å². The molecule has 3 rings (SSSR count). The molecule has 1 aliphatic carbocycles. The summed E-state index contributed by atoms with van der Waals surface area (Å²) in [5.41, 5.74) is 3.70. The van der Waals surface area contributed by atoms with Crippen LogP contribution in [-0.2, 0) is 10.2 Å². The van der Waals surface area contributed by atoms with E-state index in [1.54, 1.807) is 0 Å². The molecule has 0 aliphatic heterocycles. The van der Waals surface area contributed by atoms with Crippen molar-refractivity contribution in [1.82, 2.24) is 0 Å². The molecule has 1 fully saturated rings. The molecule has 1 atom stereocenters. The molecule has 0 bridgehead atoms. The van der Waals surface area contributed by atoms with Crippen molar-refractivity contribution in [1.29, 1.82) is 0 Å². The van der Waals surface area contributed by atoms with Crippen LogP contribution >= 0.6 is 0 Å². The van der Waals surface area contributed by atoms with Crippen LogP contribution in [0.25, 0.3) is 0 Å². The molecule has 0 saturated heterocycles. The van der Waals surface area contributed by atoms with E-state index in [9.17, 15) is 4.79 Å². The Bertz CT molecular complexity index is 597. The van der Waals surface area contributed by atoms with Gasteiger partial charge in [0.15, 0.2) is 0 Å². The van der Waals surface area contributed by atoms with Crippen LogP contribution < -0.4 is 0 Å². The number of benzene rings is 2. The summed E-state index contributed by atoms with van der Waals surface area (Å²) in [5, 5.41) is 0. The molecule has 2 aromatic rings. The van der Waals surface area contributed by atoms with Gasteiger partial charge in [0.05, 0.1) is 0 Å². The summed E-state index contributed by atoms with van der Waals surface area (Å²) in [5.74, 6) is 0.390. The van der Waals surface area contributed by atoms with E-state index in [0.717, 1.165) is 19.3 Å². The molecule has 0 spiro atoms. The van der Waals surface area contributed by atoms with Crippen molar-refractivity contribution < 1.29 is 4.79 Å². The van der Waals surface area contributed by atoms with Crippen LogP contribution in [0.5, 0.6) is 0 Å².